The van der Waals surface area contributed by atoms with Crippen LogP contribution in [0.4, 0.5) is 17.6 Å². The summed E-state index contributed by atoms with van der Waals surface area (Å²) >= 11 is 0. The number of rotatable bonds is 1. The minimum atomic E-state index is -2.63. The summed E-state index contributed by atoms with van der Waals surface area (Å²) in [6.07, 6.45) is 0.276. The molecule has 0 aromatic heterocycles. The molecule has 0 aromatic rings. The van der Waals surface area contributed by atoms with Gasteiger partial charge in [-0.15, -0.1) is 0 Å². The van der Waals surface area contributed by atoms with Crippen molar-refractivity contribution in [3.05, 3.63) is 0 Å². The minimum Gasteiger partial charge on any atom is -0.207 e. The van der Waals surface area contributed by atoms with Crippen LogP contribution in [0.1, 0.15) is 39.0 Å². The van der Waals surface area contributed by atoms with Crippen molar-refractivity contribution in [2.24, 2.45) is 17.8 Å². The van der Waals surface area contributed by atoms with Gasteiger partial charge in [0.1, 0.15) is 0 Å². The highest BCUT2D eigenvalue weighted by molar-refractivity contribution is 4.96. The summed E-state index contributed by atoms with van der Waals surface area (Å²) in [6.45, 7) is 1.69. The summed E-state index contributed by atoms with van der Waals surface area (Å²) in [5.41, 5.74) is 0. The lowest BCUT2D eigenvalue weighted by Gasteiger charge is -2.46. The van der Waals surface area contributed by atoms with Crippen molar-refractivity contribution in [3.63, 3.8) is 0 Å². The van der Waals surface area contributed by atoms with Crippen LogP contribution in [0.3, 0.4) is 0 Å². The summed E-state index contributed by atoms with van der Waals surface area (Å²) < 4.78 is 52.4. The van der Waals surface area contributed by atoms with Crippen molar-refractivity contribution in [3.8, 4) is 0 Å². The monoisotopic (exact) mass is 224 g/mol. The molecule has 0 aliphatic heterocycles. The van der Waals surface area contributed by atoms with E-state index in [1.807, 2.05) is 0 Å². The van der Waals surface area contributed by atoms with Gasteiger partial charge in [0.05, 0.1) is 0 Å². The molecule has 0 N–H and O–H groups in total. The number of hydrogen-bond acceptors (Lipinski definition) is 0. The van der Waals surface area contributed by atoms with Gasteiger partial charge in [-0.3, -0.25) is 0 Å². The second-order valence-corrected chi connectivity index (χ2v) is 5.15. The molecule has 2 rings (SSSR count). The van der Waals surface area contributed by atoms with Gasteiger partial charge in [-0.1, -0.05) is 6.92 Å². The van der Waals surface area contributed by atoms with Crippen LogP contribution in [0.15, 0.2) is 0 Å². The number of hydrogen-bond donors (Lipinski definition) is 0. The number of alkyl halides is 4. The van der Waals surface area contributed by atoms with Gasteiger partial charge in [0, 0.05) is 25.2 Å². The molecule has 2 aliphatic carbocycles. The first-order chi connectivity index (χ1) is 6.82. The topological polar surface area (TPSA) is 0 Å². The minimum absolute atomic E-state index is 0.0583. The van der Waals surface area contributed by atoms with Crippen LogP contribution in [0.5, 0.6) is 0 Å². The van der Waals surface area contributed by atoms with Gasteiger partial charge in [0.2, 0.25) is 5.92 Å². The Hall–Kier alpha value is -0.280. The lowest BCUT2D eigenvalue weighted by molar-refractivity contribution is -0.179. The van der Waals surface area contributed by atoms with Crippen molar-refractivity contribution >= 4 is 0 Å². The predicted molar refractivity (Wildman–Crippen MR) is 49.1 cm³/mol. The summed E-state index contributed by atoms with van der Waals surface area (Å²) in [7, 11) is 0. The molecular formula is C11H16F4. The highest BCUT2D eigenvalue weighted by atomic mass is 19.3. The van der Waals surface area contributed by atoms with Gasteiger partial charge < -0.3 is 0 Å². The van der Waals surface area contributed by atoms with Gasteiger partial charge in [-0.2, -0.15) is 0 Å². The van der Waals surface area contributed by atoms with Crippen LogP contribution in [0.25, 0.3) is 0 Å². The van der Waals surface area contributed by atoms with Crippen LogP contribution in [-0.2, 0) is 0 Å². The highest BCUT2D eigenvalue weighted by Gasteiger charge is 2.55. The van der Waals surface area contributed by atoms with E-state index in [4.69, 9.17) is 0 Å². The van der Waals surface area contributed by atoms with E-state index in [2.05, 4.69) is 0 Å². The standard InChI is InChI=1S/C11H16F4/c1-7-6-10(12,13)4-2-8(7)9-3-5-11(9,14)15/h7-9H,2-6H2,1H3. The van der Waals surface area contributed by atoms with Crippen molar-refractivity contribution in [2.75, 3.05) is 0 Å². The second-order valence-electron chi connectivity index (χ2n) is 5.15. The predicted octanol–water partition coefficient (Wildman–Crippen LogP) is 4.10. The lowest BCUT2D eigenvalue weighted by Crippen LogP contribution is -2.48. The first kappa shape index (κ1) is 11.2. The Bertz CT molecular complexity index is 249. The maximum atomic E-state index is 13.2. The third-order valence-corrected chi connectivity index (χ3v) is 4.04. The van der Waals surface area contributed by atoms with Crippen molar-refractivity contribution < 1.29 is 17.6 Å². The molecule has 15 heavy (non-hydrogen) atoms. The summed E-state index contributed by atoms with van der Waals surface area (Å²) in [5, 5.41) is 0. The second kappa shape index (κ2) is 3.36. The summed E-state index contributed by atoms with van der Waals surface area (Å²) in [5.74, 6) is -6.33. The average molecular weight is 224 g/mol. The van der Waals surface area contributed by atoms with Crippen molar-refractivity contribution in [1.82, 2.24) is 0 Å². The zero-order chi connectivity index (χ0) is 11.3. The number of halogens is 4. The maximum absolute atomic E-state index is 13.2. The quantitative estimate of drug-likeness (QED) is 0.588. The molecular weight excluding hydrogens is 208 g/mol. The van der Waals surface area contributed by atoms with Crippen LogP contribution in [0, 0.1) is 17.8 Å². The fraction of sp³-hybridized carbons (Fsp3) is 1.00. The van der Waals surface area contributed by atoms with E-state index >= 15 is 0 Å². The van der Waals surface area contributed by atoms with E-state index in [0.29, 0.717) is 6.42 Å². The maximum Gasteiger partial charge on any atom is 0.251 e. The van der Waals surface area contributed by atoms with E-state index in [1.54, 1.807) is 6.92 Å². The van der Waals surface area contributed by atoms with E-state index in [-0.39, 0.29) is 37.5 Å². The smallest absolute Gasteiger partial charge is 0.207 e. The molecule has 3 atom stereocenters. The molecule has 0 heterocycles. The fourth-order valence-corrected chi connectivity index (χ4v) is 3.04. The van der Waals surface area contributed by atoms with Crippen molar-refractivity contribution in [2.45, 2.75) is 50.9 Å². The van der Waals surface area contributed by atoms with E-state index in [9.17, 15) is 17.6 Å². The Kier molecular flexibility index (Phi) is 2.51. The van der Waals surface area contributed by atoms with Gasteiger partial charge in [-0.25, -0.2) is 17.6 Å². The average Bonchev–Trinajstić information content (AvgIpc) is 2.07. The third kappa shape index (κ3) is 2.00. The largest absolute Gasteiger partial charge is 0.251 e. The van der Waals surface area contributed by atoms with Crippen LogP contribution >= 0.6 is 0 Å². The Balaban J connectivity index is 2.00. The summed E-state index contributed by atoms with van der Waals surface area (Å²) in [6, 6.07) is 0. The van der Waals surface area contributed by atoms with Crippen LogP contribution < -0.4 is 0 Å². The first-order valence-corrected chi connectivity index (χ1v) is 5.57. The molecule has 0 nitrogen and oxygen atoms in total. The molecule has 4 heteroatoms. The third-order valence-electron chi connectivity index (χ3n) is 4.04. The molecule has 0 amide bonds. The van der Waals surface area contributed by atoms with Crippen LogP contribution in [0.2, 0.25) is 0 Å². The van der Waals surface area contributed by atoms with Gasteiger partial charge in [-0.05, 0) is 24.7 Å². The Labute approximate surface area is 87.0 Å². The zero-order valence-electron chi connectivity index (χ0n) is 8.78. The van der Waals surface area contributed by atoms with Crippen molar-refractivity contribution in [1.29, 1.82) is 0 Å². The molecule has 2 fully saturated rings. The first-order valence-electron chi connectivity index (χ1n) is 5.57. The SMILES string of the molecule is CC1CC(F)(F)CCC1C1CCC1(F)F. The molecule has 0 bridgehead atoms. The molecule has 0 radical (unpaired) electrons. The molecule has 0 saturated heterocycles. The zero-order valence-corrected chi connectivity index (χ0v) is 8.78. The highest BCUT2D eigenvalue weighted by Crippen LogP contribution is 2.54. The Morgan fingerprint density at radius 3 is 2.07 bits per heavy atom. The Morgan fingerprint density at radius 2 is 1.67 bits per heavy atom. The van der Waals surface area contributed by atoms with E-state index in [0.717, 1.165) is 0 Å². The Morgan fingerprint density at radius 1 is 1.00 bits per heavy atom. The molecule has 2 saturated carbocycles. The van der Waals surface area contributed by atoms with E-state index in [1.165, 1.54) is 0 Å². The van der Waals surface area contributed by atoms with E-state index < -0.39 is 17.8 Å². The lowest BCUT2D eigenvalue weighted by atomic mass is 9.63. The summed E-state index contributed by atoms with van der Waals surface area (Å²) in [4.78, 5) is 0. The molecule has 2 aliphatic rings. The molecule has 0 spiro atoms. The van der Waals surface area contributed by atoms with Gasteiger partial charge in [0.25, 0.3) is 5.92 Å². The van der Waals surface area contributed by atoms with Gasteiger partial charge >= 0.3 is 0 Å². The normalized spacial score (nSPS) is 43.4. The molecule has 0 aromatic carbocycles. The van der Waals surface area contributed by atoms with Gasteiger partial charge in [0.15, 0.2) is 0 Å². The molecule has 88 valence electrons. The van der Waals surface area contributed by atoms with Crippen LogP contribution in [-0.4, -0.2) is 11.8 Å². The fourth-order valence-electron chi connectivity index (χ4n) is 3.04. The molecule has 3 unspecified atom stereocenters.